The lowest BCUT2D eigenvalue weighted by Gasteiger charge is -2.56. The molecule has 4 saturated carbocycles. The van der Waals surface area contributed by atoms with Crippen LogP contribution in [-0.4, -0.2) is 0 Å². The molecule has 7 unspecified atom stereocenters. The first kappa shape index (κ1) is 7.09. The molecule has 0 N–H and O–H groups in total. The molecule has 0 aliphatic heterocycles. The van der Waals surface area contributed by atoms with Crippen molar-refractivity contribution in [2.45, 2.75) is 32.6 Å². The molecule has 5 rings (SSSR count). The van der Waals surface area contributed by atoms with Crippen molar-refractivity contribution in [3.05, 3.63) is 11.6 Å². The highest BCUT2D eigenvalue weighted by atomic mass is 14.8. The zero-order chi connectivity index (χ0) is 9.08. The number of allylic oxidation sites excluding steroid dienone is 2. The first-order valence-electron chi connectivity index (χ1n) is 6.52. The maximum absolute atomic E-state index is 2.63. The second-order valence-corrected chi connectivity index (χ2v) is 6.90. The Bertz CT molecular complexity index is 366. The molecule has 7 atom stereocenters. The average Bonchev–Trinajstić information content (AvgIpc) is 2.42. The average molecular weight is 186 g/mol. The van der Waals surface area contributed by atoms with E-state index in [4.69, 9.17) is 0 Å². The van der Waals surface area contributed by atoms with Crippen LogP contribution in [0.1, 0.15) is 32.6 Å². The van der Waals surface area contributed by atoms with Crippen LogP contribution in [-0.2, 0) is 0 Å². The summed E-state index contributed by atoms with van der Waals surface area (Å²) >= 11 is 0. The van der Waals surface area contributed by atoms with Gasteiger partial charge in [-0.15, -0.1) is 0 Å². The van der Waals surface area contributed by atoms with Crippen molar-refractivity contribution < 1.29 is 0 Å². The highest BCUT2D eigenvalue weighted by Gasteiger charge is 2.77. The SMILES string of the molecule is CC1CCC2(C1)CC1C3C=C4C3C4C12. The minimum absolute atomic E-state index is 0.873. The van der Waals surface area contributed by atoms with Gasteiger partial charge in [-0.2, -0.15) is 0 Å². The molecule has 1 spiro atoms. The molecule has 0 nitrogen and oxygen atoms in total. The largest absolute Gasteiger partial charge is 0.0807 e. The van der Waals surface area contributed by atoms with E-state index in [1.54, 1.807) is 19.3 Å². The highest BCUT2D eigenvalue weighted by Crippen LogP contribution is 2.83. The molecule has 14 heavy (non-hydrogen) atoms. The highest BCUT2D eigenvalue weighted by molar-refractivity contribution is 5.50. The molecule has 74 valence electrons. The smallest absolute Gasteiger partial charge is 0.00655 e. The Kier molecular flexibility index (Phi) is 0.882. The summed E-state index contributed by atoms with van der Waals surface area (Å²) in [5.41, 5.74) is 2.77. The van der Waals surface area contributed by atoms with Crippen molar-refractivity contribution in [1.29, 1.82) is 0 Å². The molecular weight excluding hydrogens is 168 g/mol. The fraction of sp³-hybridized carbons (Fsp3) is 0.857. The summed E-state index contributed by atoms with van der Waals surface area (Å²) in [4.78, 5) is 0. The Labute approximate surface area is 85.8 Å². The number of fused-ring (bicyclic) bond motifs is 5. The Balaban J connectivity index is 1.55. The van der Waals surface area contributed by atoms with Crippen LogP contribution in [0.3, 0.4) is 0 Å². The van der Waals surface area contributed by atoms with Crippen molar-refractivity contribution in [1.82, 2.24) is 0 Å². The lowest BCUT2D eigenvalue weighted by Crippen LogP contribution is -2.49. The molecule has 0 amide bonds. The molecule has 0 aromatic rings. The molecule has 0 aromatic carbocycles. The van der Waals surface area contributed by atoms with Crippen LogP contribution >= 0.6 is 0 Å². The van der Waals surface area contributed by atoms with Gasteiger partial charge in [0.05, 0.1) is 0 Å². The van der Waals surface area contributed by atoms with Gasteiger partial charge in [0.15, 0.2) is 0 Å². The van der Waals surface area contributed by atoms with E-state index in [2.05, 4.69) is 13.0 Å². The third-order valence-electron chi connectivity index (χ3n) is 6.43. The molecule has 0 saturated heterocycles. The van der Waals surface area contributed by atoms with Gasteiger partial charge in [0.1, 0.15) is 0 Å². The van der Waals surface area contributed by atoms with Gasteiger partial charge in [0.2, 0.25) is 0 Å². The van der Waals surface area contributed by atoms with Crippen molar-refractivity contribution >= 4 is 0 Å². The summed E-state index contributed by atoms with van der Waals surface area (Å²) in [6.07, 6.45) is 8.94. The molecule has 0 radical (unpaired) electrons. The van der Waals surface area contributed by atoms with E-state index in [0.29, 0.717) is 0 Å². The van der Waals surface area contributed by atoms with Gasteiger partial charge in [0.25, 0.3) is 0 Å². The van der Waals surface area contributed by atoms with Crippen LogP contribution in [0.4, 0.5) is 0 Å². The van der Waals surface area contributed by atoms with Gasteiger partial charge in [-0.05, 0) is 60.2 Å². The Morgan fingerprint density at radius 2 is 2.21 bits per heavy atom. The summed E-state index contributed by atoms with van der Waals surface area (Å²) in [5, 5.41) is 0. The van der Waals surface area contributed by atoms with E-state index in [1.807, 2.05) is 5.57 Å². The van der Waals surface area contributed by atoms with Gasteiger partial charge in [-0.1, -0.05) is 25.0 Å². The van der Waals surface area contributed by atoms with E-state index in [-0.39, 0.29) is 0 Å². The maximum Gasteiger partial charge on any atom is -0.00655 e. The molecule has 0 bridgehead atoms. The Morgan fingerprint density at radius 3 is 2.93 bits per heavy atom. The topological polar surface area (TPSA) is 0 Å². The molecule has 0 aromatic heterocycles. The van der Waals surface area contributed by atoms with Crippen LogP contribution in [0.5, 0.6) is 0 Å². The van der Waals surface area contributed by atoms with Crippen LogP contribution < -0.4 is 0 Å². The van der Waals surface area contributed by atoms with E-state index in [9.17, 15) is 0 Å². The monoisotopic (exact) mass is 186 g/mol. The zero-order valence-electron chi connectivity index (χ0n) is 8.87. The predicted molar refractivity (Wildman–Crippen MR) is 55.6 cm³/mol. The summed E-state index contributed by atoms with van der Waals surface area (Å²) in [7, 11) is 0. The van der Waals surface area contributed by atoms with Gasteiger partial charge < -0.3 is 0 Å². The molecule has 5 aliphatic carbocycles. The van der Waals surface area contributed by atoms with Crippen molar-refractivity contribution in [3.8, 4) is 0 Å². The molecule has 5 aliphatic rings. The second kappa shape index (κ2) is 1.74. The normalized spacial score (nSPS) is 70.8. The number of rotatable bonds is 0. The van der Waals surface area contributed by atoms with E-state index < -0.39 is 0 Å². The summed E-state index contributed by atoms with van der Waals surface area (Å²) in [6, 6.07) is 0. The van der Waals surface area contributed by atoms with Gasteiger partial charge in [0, 0.05) is 0 Å². The Morgan fingerprint density at radius 1 is 1.29 bits per heavy atom. The molecule has 4 fully saturated rings. The second-order valence-electron chi connectivity index (χ2n) is 6.90. The molecule has 0 heteroatoms. The minimum atomic E-state index is 0.873. The van der Waals surface area contributed by atoms with Crippen molar-refractivity contribution in [2.75, 3.05) is 0 Å². The maximum atomic E-state index is 2.63. The van der Waals surface area contributed by atoms with Crippen molar-refractivity contribution in [3.63, 3.8) is 0 Å². The quantitative estimate of drug-likeness (QED) is 0.509. The Hall–Kier alpha value is -0.260. The molecule has 0 heterocycles. The summed E-state index contributed by atoms with van der Waals surface area (Å²) in [6.45, 7) is 2.47. The van der Waals surface area contributed by atoms with E-state index in [1.165, 1.54) is 12.3 Å². The van der Waals surface area contributed by atoms with Crippen LogP contribution in [0, 0.1) is 40.9 Å². The van der Waals surface area contributed by atoms with Crippen LogP contribution in [0.2, 0.25) is 0 Å². The number of hydrogen-bond acceptors (Lipinski definition) is 0. The lowest BCUT2D eigenvalue weighted by atomic mass is 9.49. The van der Waals surface area contributed by atoms with Crippen LogP contribution in [0.15, 0.2) is 11.6 Å². The fourth-order valence-corrected chi connectivity index (χ4v) is 6.01. The lowest BCUT2D eigenvalue weighted by molar-refractivity contribution is -0.0493. The first-order valence-corrected chi connectivity index (χ1v) is 6.52. The van der Waals surface area contributed by atoms with Crippen LogP contribution in [0.25, 0.3) is 0 Å². The number of hydrogen-bond donors (Lipinski definition) is 0. The summed E-state index contributed by atoms with van der Waals surface area (Å²) in [5.74, 6) is 6.74. The molecular formula is C14H18. The first-order chi connectivity index (χ1) is 6.80. The van der Waals surface area contributed by atoms with Gasteiger partial charge >= 0.3 is 0 Å². The minimum Gasteiger partial charge on any atom is -0.0807 e. The van der Waals surface area contributed by atoms with Gasteiger partial charge in [-0.3, -0.25) is 0 Å². The fourth-order valence-electron chi connectivity index (χ4n) is 6.01. The van der Waals surface area contributed by atoms with Crippen molar-refractivity contribution in [2.24, 2.45) is 40.9 Å². The third kappa shape index (κ3) is 0.506. The van der Waals surface area contributed by atoms with E-state index >= 15 is 0 Å². The summed E-state index contributed by atoms with van der Waals surface area (Å²) < 4.78 is 0. The standard InChI is InChI=1S/C14H18/c1-7-2-3-14(5-7)6-10-8-4-9-11(8)12(9)13(10)14/h4,7-8,10-13H,2-3,5-6H2,1H3. The zero-order valence-corrected chi connectivity index (χ0v) is 8.87. The van der Waals surface area contributed by atoms with E-state index in [0.717, 1.165) is 35.0 Å². The predicted octanol–water partition coefficient (Wildman–Crippen LogP) is 3.24. The third-order valence-corrected chi connectivity index (χ3v) is 6.43. The van der Waals surface area contributed by atoms with Gasteiger partial charge in [-0.25, -0.2) is 0 Å².